The predicted molar refractivity (Wildman–Crippen MR) is 107 cm³/mol. The molecular weight excluding hydrogens is 350 g/mol. The molecule has 5 heterocycles. The van der Waals surface area contributed by atoms with E-state index in [1.54, 1.807) is 10.6 Å². The largest absolute Gasteiger partial charge is 0.348 e. The quantitative estimate of drug-likeness (QED) is 0.610. The maximum Gasteiger partial charge on any atom is 0.296 e. The highest BCUT2D eigenvalue weighted by Crippen LogP contribution is 2.46. The summed E-state index contributed by atoms with van der Waals surface area (Å²) in [6, 6.07) is 12.8. The van der Waals surface area contributed by atoms with Gasteiger partial charge < -0.3 is 9.47 Å². The molecule has 5 heteroatoms. The average molecular weight is 377 g/mol. The van der Waals surface area contributed by atoms with E-state index < -0.39 is 0 Å². The van der Waals surface area contributed by atoms with Crippen LogP contribution in [0.2, 0.25) is 0 Å². The molecule has 1 amide bonds. The van der Waals surface area contributed by atoms with Crippen molar-refractivity contribution in [3.8, 4) is 0 Å². The van der Waals surface area contributed by atoms with Gasteiger partial charge in [0.1, 0.15) is 0 Å². The van der Waals surface area contributed by atoms with Gasteiger partial charge in [-0.3, -0.25) is 14.5 Å². The van der Waals surface area contributed by atoms with Crippen LogP contribution in [-0.2, 0) is 11.8 Å². The second-order valence-corrected chi connectivity index (χ2v) is 8.66. The lowest BCUT2D eigenvalue weighted by molar-refractivity contribution is -0.131. The molecule has 3 atom stereocenters. The lowest BCUT2D eigenvalue weighted by atomic mass is 9.75. The molecule has 4 saturated heterocycles. The smallest absolute Gasteiger partial charge is 0.296 e. The van der Waals surface area contributed by atoms with Crippen molar-refractivity contribution in [2.45, 2.75) is 37.8 Å². The van der Waals surface area contributed by atoms with Crippen molar-refractivity contribution in [3.05, 3.63) is 59.4 Å². The predicted octanol–water partition coefficient (Wildman–Crippen LogP) is 2.61. The van der Waals surface area contributed by atoms with Gasteiger partial charge in [0.2, 0.25) is 0 Å². The van der Waals surface area contributed by atoms with Gasteiger partial charge in [-0.1, -0.05) is 29.8 Å². The number of carbonyl (C=O) groups excluding carboxylic acids is 2. The topological polar surface area (TPSA) is 45.6 Å². The third kappa shape index (κ3) is 2.64. The summed E-state index contributed by atoms with van der Waals surface area (Å²) in [5, 5.41) is 0. The van der Waals surface area contributed by atoms with Crippen LogP contribution in [0.4, 0.5) is 0 Å². The van der Waals surface area contributed by atoms with E-state index in [0.717, 1.165) is 25.9 Å². The Morgan fingerprint density at radius 3 is 2.36 bits per heavy atom. The van der Waals surface area contributed by atoms with Gasteiger partial charge in [-0.05, 0) is 56.5 Å². The summed E-state index contributed by atoms with van der Waals surface area (Å²) in [6.07, 6.45) is 4.07. The van der Waals surface area contributed by atoms with Crippen LogP contribution in [0.3, 0.4) is 0 Å². The number of rotatable bonds is 3. The van der Waals surface area contributed by atoms with Crippen molar-refractivity contribution in [1.82, 2.24) is 14.4 Å². The normalized spacial score (nSPS) is 31.1. The highest BCUT2D eigenvalue weighted by atomic mass is 16.2. The average Bonchev–Trinajstić information content (AvgIpc) is 3.34. The van der Waals surface area contributed by atoms with Crippen LogP contribution in [0.25, 0.3) is 0 Å². The summed E-state index contributed by atoms with van der Waals surface area (Å²) in [4.78, 5) is 30.7. The minimum Gasteiger partial charge on any atom is -0.348 e. The van der Waals surface area contributed by atoms with Crippen molar-refractivity contribution in [2.24, 2.45) is 13.0 Å². The first kappa shape index (κ1) is 17.7. The molecule has 1 aromatic carbocycles. The van der Waals surface area contributed by atoms with Crippen molar-refractivity contribution in [2.75, 3.05) is 19.6 Å². The molecule has 0 spiro atoms. The van der Waals surface area contributed by atoms with Gasteiger partial charge in [0.25, 0.3) is 11.7 Å². The number of benzene rings is 1. The molecule has 5 nitrogen and oxygen atoms in total. The fraction of sp³-hybridized carbons (Fsp3) is 0.478. The van der Waals surface area contributed by atoms with Crippen LogP contribution in [-0.4, -0.2) is 57.8 Å². The molecule has 6 rings (SSSR count). The van der Waals surface area contributed by atoms with Gasteiger partial charge >= 0.3 is 0 Å². The lowest BCUT2D eigenvalue weighted by Crippen LogP contribution is -2.61. The van der Waals surface area contributed by atoms with Gasteiger partial charge in [-0.2, -0.15) is 0 Å². The molecule has 0 aliphatic carbocycles. The van der Waals surface area contributed by atoms with Crippen LogP contribution in [0, 0.1) is 12.8 Å². The number of piperidine rings is 3. The fourth-order valence-corrected chi connectivity index (χ4v) is 5.70. The standard InChI is InChI=1S/C23H27N3O2/c1-15-5-7-16(8-6-15)18-14-26(20-17-9-12-25(13-10-17)21(18)20)23(28)22(27)19-4-3-11-24(19)2/h3-8,11,17-18,20-21H,9-10,12-14H2,1-2H3/t18-,20-,21-/m1/s1. The summed E-state index contributed by atoms with van der Waals surface area (Å²) >= 11 is 0. The number of ketones is 1. The fourth-order valence-electron chi connectivity index (χ4n) is 5.70. The first-order chi connectivity index (χ1) is 13.5. The number of Topliss-reactive ketones (excluding diaryl/α,β-unsaturated/α-hetero) is 1. The van der Waals surface area contributed by atoms with Crippen molar-refractivity contribution in [3.63, 3.8) is 0 Å². The van der Waals surface area contributed by atoms with E-state index >= 15 is 0 Å². The highest BCUT2D eigenvalue weighted by Gasteiger charge is 2.55. The summed E-state index contributed by atoms with van der Waals surface area (Å²) in [7, 11) is 1.82. The molecular formula is C23H27N3O2. The number of nitrogens with zero attached hydrogens (tertiary/aromatic N) is 3. The van der Waals surface area contributed by atoms with Crippen molar-refractivity contribution < 1.29 is 9.59 Å². The molecule has 0 unspecified atom stereocenters. The van der Waals surface area contributed by atoms with E-state index in [1.165, 1.54) is 11.1 Å². The Hall–Kier alpha value is -2.40. The van der Waals surface area contributed by atoms with E-state index in [1.807, 2.05) is 24.2 Å². The first-order valence-electron chi connectivity index (χ1n) is 10.3. The molecule has 28 heavy (non-hydrogen) atoms. The van der Waals surface area contributed by atoms with Gasteiger partial charge in [-0.25, -0.2) is 0 Å². The maximum absolute atomic E-state index is 13.3. The molecule has 0 radical (unpaired) electrons. The molecule has 4 fully saturated rings. The van der Waals surface area contributed by atoms with E-state index in [4.69, 9.17) is 0 Å². The van der Waals surface area contributed by atoms with Crippen LogP contribution in [0.15, 0.2) is 42.6 Å². The zero-order valence-corrected chi connectivity index (χ0v) is 16.5. The number of hydrogen-bond acceptors (Lipinski definition) is 3. The lowest BCUT2D eigenvalue weighted by Gasteiger charge is -2.51. The number of fused-ring (bicyclic) bond motifs is 2. The van der Waals surface area contributed by atoms with Gasteiger partial charge in [0, 0.05) is 31.7 Å². The second-order valence-electron chi connectivity index (χ2n) is 8.66. The number of aryl methyl sites for hydroxylation is 2. The van der Waals surface area contributed by atoms with E-state index in [0.29, 0.717) is 24.2 Å². The van der Waals surface area contributed by atoms with Gasteiger partial charge in [0.15, 0.2) is 0 Å². The zero-order chi connectivity index (χ0) is 19.4. The number of hydrogen-bond donors (Lipinski definition) is 0. The Morgan fingerprint density at radius 1 is 1.00 bits per heavy atom. The summed E-state index contributed by atoms with van der Waals surface area (Å²) in [5.74, 6) is 0.0712. The van der Waals surface area contributed by atoms with Crippen molar-refractivity contribution >= 4 is 11.7 Å². The van der Waals surface area contributed by atoms with Crippen LogP contribution < -0.4 is 0 Å². The van der Waals surface area contributed by atoms with Crippen LogP contribution in [0.5, 0.6) is 0 Å². The highest BCUT2D eigenvalue weighted by molar-refractivity contribution is 6.42. The first-order valence-corrected chi connectivity index (χ1v) is 10.3. The third-order valence-electron chi connectivity index (χ3n) is 7.13. The third-order valence-corrected chi connectivity index (χ3v) is 7.13. The molecule has 4 aliphatic heterocycles. The number of aromatic nitrogens is 1. The molecule has 0 saturated carbocycles. The van der Waals surface area contributed by atoms with Crippen LogP contribution in [0.1, 0.15) is 40.4 Å². The number of carbonyl (C=O) groups is 2. The summed E-state index contributed by atoms with van der Waals surface area (Å²) in [6.45, 7) is 4.96. The Balaban J connectivity index is 1.50. The zero-order valence-electron chi connectivity index (χ0n) is 16.5. The molecule has 0 N–H and O–H groups in total. The van der Waals surface area contributed by atoms with Gasteiger partial charge in [-0.15, -0.1) is 0 Å². The molecule has 4 aliphatic rings. The van der Waals surface area contributed by atoms with Crippen molar-refractivity contribution in [1.29, 1.82) is 0 Å². The van der Waals surface area contributed by atoms with E-state index in [-0.39, 0.29) is 23.7 Å². The summed E-state index contributed by atoms with van der Waals surface area (Å²) in [5.41, 5.74) is 3.01. The van der Waals surface area contributed by atoms with Gasteiger partial charge in [0.05, 0.1) is 11.7 Å². The Bertz CT molecular complexity index is 908. The number of amides is 1. The Labute approximate surface area is 165 Å². The van der Waals surface area contributed by atoms with Crippen LogP contribution >= 0.6 is 0 Å². The minimum absolute atomic E-state index is 0.158. The SMILES string of the molecule is Cc1ccc([C@H]2CN(C(=O)C(=O)c3cccn3C)[C@@H]3C4CCN(CC4)[C@H]23)cc1. The number of likely N-dealkylation sites (tertiary alicyclic amines) is 1. The summed E-state index contributed by atoms with van der Waals surface area (Å²) < 4.78 is 1.74. The maximum atomic E-state index is 13.3. The Kier molecular flexibility index (Phi) is 4.16. The van der Waals surface area contributed by atoms with E-state index in [2.05, 4.69) is 36.1 Å². The molecule has 146 valence electrons. The Morgan fingerprint density at radius 2 is 1.71 bits per heavy atom. The second kappa shape index (κ2) is 6.59. The molecule has 2 bridgehead atoms. The minimum atomic E-state index is -0.382. The molecule has 2 aromatic rings. The monoisotopic (exact) mass is 377 g/mol. The molecule has 1 aromatic heterocycles. The van der Waals surface area contributed by atoms with E-state index in [9.17, 15) is 9.59 Å².